The van der Waals surface area contributed by atoms with E-state index in [2.05, 4.69) is 5.32 Å². The minimum Gasteiger partial charge on any atom is -0.357 e. The average Bonchev–Trinajstić information content (AvgIpc) is 2.93. The number of amides is 2. The highest BCUT2D eigenvalue weighted by Crippen LogP contribution is 2.30. The number of rotatable bonds is 11. The lowest BCUT2D eigenvalue weighted by Gasteiger charge is -2.33. The van der Waals surface area contributed by atoms with Gasteiger partial charge >= 0.3 is 0 Å². The lowest BCUT2D eigenvalue weighted by Crippen LogP contribution is -2.52. The fourth-order valence-corrected chi connectivity index (χ4v) is 6.22. The topological polar surface area (TPSA) is 86.8 Å². The Labute approximate surface area is 234 Å². The van der Waals surface area contributed by atoms with E-state index >= 15 is 0 Å². The van der Waals surface area contributed by atoms with Crippen molar-refractivity contribution >= 4 is 50.7 Å². The summed E-state index contributed by atoms with van der Waals surface area (Å²) in [5.74, 6) is -0.947. The van der Waals surface area contributed by atoms with Crippen LogP contribution >= 0.6 is 23.2 Å². The fraction of sp³-hybridized carbons (Fsp3) is 0.286. The second kappa shape index (κ2) is 13.1. The number of anilines is 1. The van der Waals surface area contributed by atoms with Crippen LogP contribution in [0.15, 0.2) is 77.7 Å². The van der Waals surface area contributed by atoms with Gasteiger partial charge in [-0.25, -0.2) is 8.42 Å². The maximum absolute atomic E-state index is 14.0. The largest absolute Gasteiger partial charge is 0.357 e. The third kappa shape index (κ3) is 6.49. The van der Waals surface area contributed by atoms with E-state index < -0.39 is 28.5 Å². The van der Waals surface area contributed by atoms with Gasteiger partial charge in [-0.3, -0.25) is 13.9 Å². The molecule has 38 heavy (non-hydrogen) atoms. The Hall–Kier alpha value is -3.07. The molecule has 0 radical (unpaired) electrons. The van der Waals surface area contributed by atoms with Crippen molar-refractivity contribution in [3.05, 3.63) is 94.0 Å². The molecule has 3 aromatic rings. The van der Waals surface area contributed by atoms with Crippen molar-refractivity contribution in [2.75, 3.05) is 17.9 Å². The Morgan fingerprint density at radius 2 is 1.50 bits per heavy atom. The molecule has 2 amide bonds. The molecule has 0 heterocycles. The highest BCUT2D eigenvalue weighted by Gasteiger charge is 2.34. The second-order valence-corrected chi connectivity index (χ2v) is 11.2. The van der Waals surface area contributed by atoms with Crippen molar-refractivity contribution in [2.24, 2.45) is 0 Å². The molecule has 3 aromatic carbocycles. The van der Waals surface area contributed by atoms with Crippen molar-refractivity contribution in [3.8, 4) is 0 Å². The number of likely N-dealkylation sites (N-methyl/N-ethyl adjacent to an activating group) is 1. The summed E-state index contributed by atoms with van der Waals surface area (Å²) < 4.78 is 28.9. The maximum Gasteiger partial charge on any atom is 0.264 e. The summed E-state index contributed by atoms with van der Waals surface area (Å²) >= 11 is 12.8. The van der Waals surface area contributed by atoms with Crippen molar-refractivity contribution in [3.63, 3.8) is 0 Å². The van der Waals surface area contributed by atoms with E-state index in [1.54, 1.807) is 55.5 Å². The molecule has 0 unspecified atom stereocenters. The molecule has 0 saturated heterocycles. The monoisotopic (exact) mass is 575 g/mol. The van der Waals surface area contributed by atoms with Gasteiger partial charge in [-0.2, -0.15) is 0 Å². The van der Waals surface area contributed by atoms with Crippen LogP contribution < -0.4 is 9.62 Å². The van der Waals surface area contributed by atoms with Gasteiger partial charge in [0, 0.05) is 29.2 Å². The predicted molar refractivity (Wildman–Crippen MR) is 152 cm³/mol. The van der Waals surface area contributed by atoms with Gasteiger partial charge in [0.2, 0.25) is 11.8 Å². The molecule has 3 rings (SSSR count). The summed E-state index contributed by atoms with van der Waals surface area (Å²) in [6, 6.07) is 19.1. The molecule has 0 aliphatic carbocycles. The number of carbonyl (C=O) groups excluding carboxylic acids is 2. The van der Waals surface area contributed by atoms with E-state index in [0.717, 1.165) is 9.87 Å². The normalized spacial score (nSPS) is 12.0. The number of para-hydroxylation sites is 1. The summed E-state index contributed by atoms with van der Waals surface area (Å²) in [5, 5.41) is 3.27. The van der Waals surface area contributed by atoms with E-state index in [1.807, 2.05) is 19.1 Å². The highest BCUT2D eigenvalue weighted by atomic mass is 35.5. The van der Waals surface area contributed by atoms with Crippen LogP contribution in [0.1, 0.15) is 31.4 Å². The number of carbonyl (C=O) groups is 2. The Bertz CT molecular complexity index is 1360. The minimum atomic E-state index is -4.13. The quantitative estimate of drug-likeness (QED) is 0.336. The number of nitrogens with one attached hydrogen (secondary N) is 1. The number of nitrogens with zero attached hydrogens (tertiary/aromatic N) is 2. The van der Waals surface area contributed by atoms with Gasteiger partial charge in [-0.05, 0) is 48.7 Å². The number of sulfonamides is 1. The lowest BCUT2D eigenvalue weighted by molar-refractivity contribution is -0.140. The fourth-order valence-electron chi connectivity index (χ4n) is 4.23. The SMILES string of the molecule is CCc1ccccc1N(CC(=O)N(Cc1c(Cl)cccc1Cl)[C@H](CC)C(=O)NC)S(=O)(=O)c1ccccc1. The van der Waals surface area contributed by atoms with Gasteiger partial charge in [0.05, 0.1) is 10.6 Å². The molecule has 7 nitrogen and oxygen atoms in total. The van der Waals surface area contributed by atoms with Gasteiger partial charge in [0.15, 0.2) is 0 Å². The Balaban J connectivity index is 2.13. The van der Waals surface area contributed by atoms with E-state index in [4.69, 9.17) is 23.2 Å². The first-order valence-corrected chi connectivity index (χ1v) is 14.4. The molecule has 0 fully saturated rings. The molecule has 10 heteroatoms. The summed E-state index contributed by atoms with van der Waals surface area (Å²) in [6.07, 6.45) is 0.852. The molecule has 1 N–H and O–H groups in total. The third-order valence-electron chi connectivity index (χ3n) is 6.27. The van der Waals surface area contributed by atoms with E-state index in [9.17, 15) is 18.0 Å². The van der Waals surface area contributed by atoms with Crippen LogP contribution in [0.25, 0.3) is 0 Å². The molecule has 0 bridgehead atoms. The first-order chi connectivity index (χ1) is 18.1. The Morgan fingerprint density at radius 1 is 0.895 bits per heavy atom. The number of halogens is 2. The number of hydrogen-bond donors (Lipinski definition) is 1. The number of aryl methyl sites for hydroxylation is 1. The minimum absolute atomic E-state index is 0.0535. The van der Waals surface area contributed by atoms with E-state index in [1.165, 1.54) is 24.1 Å². The Morgan fingerprint density at radius 3 is 2.08 bits per heavy atom. The predicted octanol–water partition coefficient (Wildman–Crippen LogP) is 5.30. The van der Waals surface area contributed by atoms with E-state index in [-0.39, 0.29) is 17.3 Å². The summed E-state index contributed by atoms with van der Waals surface area (Å²) in [6.45, 7) is 3.10. The zero-order valence-corrected chi connectivity index (χ0v) is 23.9. The summed E-state index contributed by atoms with van der Waals surface area (Å²) in [7, 11) is -2.64. The van der Waals surface area contributed by atoms with Crippen LogP contribution in [-0.2, 0) is 32.6 Å². The zero-order valence-electron chi connectivity index (χ0n) is 21.5. The Kier molecular flexibility index (Phi) is 10.2. The molecule has 0 aliphatic heterocycles. The first kappa shape index (κ1) is 29.5. The second-order valence-electron chi connectivity index (χ2n) is 8.57. The van der Waals surface area contributed by atoms with Crippen molar-refractivity contribution in [2.45, 2.75) is 44.2 Å². The molecular weight excluding hydrogens is 545 g/mol. The molecule has 0 spiro atoms. The number of hydrogen-bond acceptors (Lipinski definition) is 4. The molecule has 202 valence electrons. The molecular formula is C28H31Cl2N3O4S. The summed E-state index contributed by atoms with van der Waals surface area (Å²) in [4.78, 5) is 28.2. The van der Waals surface area contributed by atoms with Gasteiger partial charge in [-0.1, -0.05) is 79.5 Å². The van der Waals surface area contributed by atoms with Crippen LogP contribution in [0.5, 0.6) is 0 Å². The third-order valence-corrected chi connectivity index (χ3v) is 8.76. The molecule has 0 saturated carbocycles. The molecule has 1 atom stereocenters. The maximum atomic E-state index is 14.0. The van der Waals surface area contributed by atoms with Crippen LogP contribution in [0.2, 0.25) is 10.0 Å². The standard InChI is InChI=1S/C28H31Cl2N3O4S/c1-4-20-12-9-10-17-26(20)33(38(36,37)21-13-7-6-8-14-21)19-27(34)32(25(5-2)28(35)31-3)18-22-23(29)15-11-16-24(22)30/h6-17,25H,4-5,18-19H2,1-3H3,(H,31,35)/t25-/m1/s1. The van der Waals surface area contributed by atoms with Crippen LogP contribution in [0.4, 0.5) is 5.69 Å². The average molecular weight is 577 g/mol. The van der Waals surface area contributed by atoms with Crippen LogP contribution in [0.3, 0.4) is 0 Å². The van der Waals surface area contributed by atoms with Crippen molar-refractivity contribution in [1.82, 2.24) is 10.2 Å². The zero-order chi connectivity index (χ0) is 27.9. The van der Waals surface area contributed by atoms with Gasteiger partial charge < -0.3 is 10.2 Å². The lowest BCUT2D eigenvalue weighted by atomic mass is 10.1. The first-order valence-electron chi connectivity index (χ1n) is 12.2. The highest BCUT2D eigenvalue weighted by molar-refractivity contribution is 7.92. The van der Waals surface area contributed by atoms with Gasteiger partial charge in [-0.15, -0.1) is 0 Å². The van der Waals surface area contributed by atoms with Crippen LogP contribution in [-0.4, -0.2) is 44.8 Å². The van der Waals surface area contributed by atoms with Gasteiger partial charge in [0.1, 0.15) is 12.6 Å². The van der Waals surface area contributed by atoms with Crippen molar-refractivity contribution < 1.29 is 18.0 Å². The van der Waals surface area contributed by atoms with Crippen molar-refractivity contribution in [1.29, 1.82) is 0 Å². The van der Waals surface area contributed by atoms with Gasteiger partial charge in [0.25, 0.3) is 10.0 Å². The smallest absolute Gasteiger partial charge is 0.264 e. The number of benzene rings is 3. The van der Waals surface area contributed by atoms with E-state index in [0.29, 0.717) is 34.1 Å². The molecule has 0 aromatic heterocycles. The molecule has 0 aliphatic rings. The summed E-state index contributed by atoms with van der Waals surface area (Å²) in [5.41, 5.74) is 1.63. The van der Waals surface area contributed by atoms with Crippen LogP contribution in [0, 0.1) is 0 Å².